The molecule has 0 spiro atoms. The molecular weight excluding hydrogens is 265 g/mol. The molecule has 1 fully saturated rings. The molecule has 3 heteroatoms. The van der Waals surface area contributed by atoms with Gasteiger partial charge >= 0.3 is 0 Å². The predicted octanol–water partition coefficient (Wildman–Crippen LogP) is 3.35. The normalized spacial score (nSPS) is 20.1. The van der Waals surface area contributed by atoms with Crippen molar-refractivity contribution in [3.63, 3.8) is 0 Å². The maximum absolute atomic E-state index is 13.5. The highest BCUT2D eigenvalue weighted by Crippen LogP contribution is 2.42. The molecule has 0 aromatic heterocycles. The van der Waals surface area contributed by atoms with Gasteiger partial charge in [-0.15, -0.1) is 0 Å². The van der Waals surface area contributed by atoms with Gasteiger partial charge in [0.15, 0.2) is 0 Å². The zero-order valence-electron chi connectivity index (χ0n) is 12.0. The topological polar surface area (TPSA) is 29.1 Å². The monoisotopic (exact) mass is 283 g/mol. The minimum Gasteiger partial charge on any atom is -0.352 e. The van der Waals surface area contributed by atoms with Crippen LogP contribution in [0.3, 0.4) is 0 Å². The Balaban J connectivity index is 1.58. The lowest BCUT2D eigenvalue weighted by Crippen LogP contribution is -2.28. The molecule has 108 valence electrons. The molecule has 3 rings (SSSR count). The minimum absolute atomic E-state index is 0.101. The van der Waals surface area contributed by atoms with Gasteiger partial charge in [-0.05, 0) is 36.1 Å². The number of aryl methyl sites for hydroxylation is 1. The van der Waals surface area contributed by atoms with Crippen molar-refractivity contribution in [3.05, 3.63) is 71.0 Å². The fourth-order valence-corrected chi connectivity index (χ4v) is 2.77. The number of carbonyl (C=O) groups is 1. The predicted molar refractivity (Wildman–Crippen MR) is 80.6 cm³/mol. The quantitative estimate of drug-likeness (QED) is 0.916. The van der Waals surface area contributed by atoms with Crippen molar-refractivity contribution in [1.29, 1.82) is 0 Å². The number of halogens is 1. The van der Waals surface area contributed by atoms with Crippen molar-refractivity contribution in [1.82, 2.24) is 5.32 Å². The summed E-state index contributed by atoms with van der Waals surface area (Å²) in [5.41, 5.74) is 3.00. The highest BCUT2D eigenvalue weighted by molar-refractivity contribution is 5.79. The lowest BCUT2D eigenvalue weighted by molar-refractivity contribution is -0.120. The van der Waals surface area contributed by atoms with Crippen LogP contribution in [0.25, 0.3) is 0 Å². The molecule has 1 aliphatic carbocycles. The summed E-state index contributed by atoms with van der Waals surface area (Å²) in [6.07, 6.45) is 1.07. The average Bonchev–Trinajstić information content (AvgIpc) is 3.21. The molecule has 1 amide bonds. The Hall–Kier alpha value is -2.16. The second-order valence-corrected chi connectivity index (χ2v) is 5.64. The van der Waals surface area contributed by atoms with Gasteiger partial charge in [-0.25, -0.2) is 4.39 Å². The average molecular weight is 283 g/mol. The van der Waals surface area contributed by atoms with Gasteiger partial charge < -0.3 is 5.32 Å². The second kappa shape index (κ2) is 5.68. The summed E-state index contributed by atoms with van der Waals surface area (Å²) < 4.78 is 13.5. The number of hydrogen-bond acceptors (Lipinski definition) is 1. The molecule has 0 heterocycles. The van der Waals surface area contributed by atoms with Gasteiger partial charge in [-0.2, -0.15) is 0 Å². The van der Waals surface area contributed by atoms with Crippen molar-refractivity contribution >= 4 is 5.91 Å². The Morgan fingerprint density at radius 1 is 1.19 bits per heavy atom. The van der Waals surface area contributed by atoms with Gasteiger partial charge in [0.2, 0.25) is 5.91 Å². The smallest absolute Gasteiger partial charge is 0.224 e. The number of amides is 1. The van der Waals surface area contributed by atoms with Crippen molar-refractivity contribution in [2.75, 3.05) is 0 Å². The van der Waals surface area contributed by atoms with Gasteiger partial charge in [0.1, 0.15) is 5.82 Å². The molecule has 2 aromatic rings. The second-order valence-electron chi connectivity index (χ2n) is 5.64. The van der Waals surface area contributed by atoms with Crippen LogP contribution in [-0.4, -0.2) is 11.9 Å². The van der Waals surface area contributed by atoms with E-state index in [0.717, 1.165) is 6.42 Å². The van der Waals surface area contributed by atoms with Crippen LogP contribution >= 0.6 is 0 Å². The van der Waals surface area contributed by atoms with Crippen LogP contribution in [0, 0.1) is 12.7 Å². The fraction of sp³-hybridized carbons (Fsp3) is 0.278. The van der Waals surface area contributed by atoms with E-state index in [1.165, 1.54) is 17.2 Å². The molecule has 21 heavy (non-hydrogen) atoms. The molecule has 0 bridgehead atoms. The molecule has 0 radical (unpaired) electrons. The highest BCUT2D eigenvalue weighted by Gasteiger charge is 2.40. The van der Waals surface area contributed by atoms with Gasteiger partial charge in [0.25, 0.3) is 0 Å². The first kappa shape index (κ1) is 13.8. The zero-order valence-corrected chi connectivity index (χ0v) is 12.0. The van der Waals surface area contributed by atoms with E-state index < -0.39 is 0 Å². The molecule has 2 atom stereocenters. The zero-order chi connectivity index (χ0) is 14.8. The molecule has 0 saturated heterocycles. The lowest BCUT2D eigenvalue weighted by Gasteiger charge is -2.07. The summed E-state index contributed by atoms with van der Waals surface area (Å²) in [6, 6.07) is 14.9. The van der Waals surface area contributed by atoms with Gasteiger partial charge in [-0.3, -0.25) is 4.79 Å². The maximum Gasteiger partial charge on any atom is 0.224 e. The van der Waals surface area contributed by atoms with Crippen LogP contribution in [0.2, 0.25) is 0 Å². The van der Waals surface area contributed by atoms with E-state index in [1.54, 1.807) is 18.2 Å². The van der Waals surface area contributed by atoms with Gasteiger partial charge in [0.05, 0.1) is 6.42 Å². The van der Waals surface area contributed by atoms with Gasteiger partial charge in [-0.1, -0.05) is 42.5 Å². The third-order valence-corrected chi connectivity index (χ3v) is 4.03. The summed E-state index contributed by atoms with van der Waals surface area (Å²) >= 11 is 0. The van der Waals surface area contributed by atoms with Gasteiger partial charge in [0, 0.05) is 12.0 Å². The first-order valence-corrected chi connectivity index (χ1v) is 7.23. The van der Waals surface area contributed by atoms with E-state index >= 15 is 0 Å². The Bertz CT molecular complexity index is 668. The Morgan fingerprint density at radius 3 is 2.67 bits per heavy atom. The van der Waals surface area contributed by atoms with Crippen molar-refractivity contribution in [2.45, 2.75) is 31.7 Å². The van der Waals surface area contributed by atoms with E-state index in [-0.39, 0.29) is 24.2 Å². The standard InChI is InChI=1S/C18H18FNO/c1-12-6-2-4-8-14(12)15-11-17(15)20-18(21)10-13-7-3-5-9-16(13)19/h2-9,15,17H,10-11H2,1H3,(H,20,21)/t15-,17+/m0/s1. The molecule has 2 aromatic carbocycles. The van der Waals surface area contributed by atoms with Crippen LogP contribution < -0.4 is 5.32 Å². The summed E-state index contributed by atoms with van der Waals surface area (Å²) in [5.74, 6) is -0.0316. The van der Waals surface area contributed by atoms with Crippen molar-refractivity contribution < 1.29 is 9.18 Å². The number of hydrogen-bond donors (Lipinski definition) is 1. The van der Waals surface area contributed by atoms with Crippen LogP contribution in [0.4, 0.5) is 4.39 Å². The summed E-state index contributed by atoms with van der Waals surface area (Å²) in [4.78, 5) is 12.0. The Kier molecular flexibility index (Phi) is 3.74. The number of carbonyl (C=O) groups excluding carboxylic acids is 1. The summed E-state index contributed by atoms with van der Waals surface area (Å²) in [5, 5.41) is 3.00. The molecule has 1 aliphatic rings. The molecule has 0 aliphatic heterocycles. The third-order valence-electron chi connectivity index (χ3n) is 4.03. The summed E-state index contributed by atoms with van der Waals surface area (Å²) in [6.45, 7) is 2.09. The number of rotatable bonds is 4. The fourth-order valence-electron chi connectivity index (χ4n) is 2.77. The largest absolute Gasteiger partial charge is 0.352 e. The first-order chi connectivity index (χ1) is 10.1. The highest BCUT2D eigenvalue weighted by atomic mass is 19.1. The van der Waals surface area contributed by atoms with E-state index in [4.69, 9.17) is 0 Å². The maximum atomic E-state index is 13.5. The van der Waals surface area contributed by atoms with Crippen LogP contribution in [-0.2, 0) is 11.2 Å². The number of nitrogens with one attached hydrogen (secondary N) is 1. The van der Waals surface area contributed by atoms with Crippen molar-refractivity contribution in [2.24, 2.45) is 0 Å². The summed E-state index contributed by atoms with van der Waals surface area (Å²) in [7, 11) is 0. The van der Waals surface area contributed by atoms with E-state index in [0.29, 0.717) is 11.5 Å². The number of benzene rings is 2. The SMILES string of the molecule is Cc1ccccc1[C@@H]1C[C@H]1NC(=O)Cc1ccccc1F. The third kappa shape index (κ3) is 3.13. The lowest BCUT2D eigenvalue weighted by atomic mass is 10.0. The van der Waals surface area contributed by atoms with Crippen LogP contribution in [0.15, 0.2) is 48.5 Å². The minimum atomic E-state index is -0.320. The van der Waals surface area contributed by atoms with Crippen LogP contribution in [0.1, 0.15) is 29.0 Å². The first-order valence-electron chi connectivity index (χ1n) is 7.23. The van der Waals surface area contributed by atoms with Crippen molar-refractivity contribution in [3.8, 4) is 0 Å². The molecule has 1 saturated carbocycles. The van der Waals surface area contributed by atoms with Crippen LogP contribution in [0.5, 0.6) is 0 Å². The molecule has 0 unspecified atom stereocenters. The molecule has 1 N–H and O–H groups in total. The van der Waals surface area contributed by atoms with E-state index in [9.17, 15) is 9.18 Å². The van der Waals surface area contributed by atoms with E-state index in [2.05, 4.69) is 24.4 Å². The Labute approximate surface area is 124 Å². The molecular formula is C18H18FNO. The molecule has 2 nitrogen and oxygen atoms in total. The Morgan fingerprint density at radius 2 is 1.90 bits per heavy atom. The van der Waals surface area contributed by atoms with E-state index in [1.807, 2.05) is 12.1 Å².